The number of amides is 2. The zero-order valence-corrected chi connectivity index (χ0v) is 17.5. The number of benzene rings is 2. The van der Waals surface area contributed by atoms with Gasteiger partial charge in [-0.25, -0.2) is 4.79 Å². The first-order chi connectivity index (χ1) is 14.2. The molecule has 0 unspecified atom stereocenters. The molecule has 1 heterocycles. The van der Waals surface area contributed by atoms with Gasteiger partial charge in [0.05, 0.1) is 7.11 Å². The van der Waals surface area contributed by atoms with Gasteiger partial charge in [0.25, 0.3) is 0 Å². The van der Waals surface area contributed by atoms with Gasteiger partial charge >= 0.3 is 6.03 Å². The topological polar surface area (TPSA) is 56.8 Å². The summed E-state index contributed by atoms with van der Waals surface area (Å²) in [6, 6.07) is 16.1. The van der Waals surface area contributed by atoms with Crippen LogP contribution in [0.1, 0.15) is 18.9 Å². The number of rotatable bonds is 8. The summed E-state index contributed by atoms with van der Waals surface area (Å²) in [6.07, 6.45) is 1.95. The van der Waals surface area contributed by atoms with Crippen LogP contribution >= 0.6 is 0 Å². The van der Waals surface area contributed by atoms with E-state index in [0.29, 0.717) is 6.54 Å². The highest BCUT2D eigenvalue weighted by molar-refractivity contribution is 5.89. The third-order valence-corrected chi connectivity index (χ3v) is 5.37. The van der Waals surface area contributed by atoms with Crippen molar-refractivity contribution in [2.24, 2.45) is 0 Å². The molecule has 3 rings (SSSR count). The van der Waals surface area contributed by atoms with Gasteiger partial charge in [-0.15, -0.1) is 0 Å². The number of anilines is 2. The van der Waals surface area contributed by atoms with E-state index in [1.165, 1.54) is 11.3 Å². The van der Waals surface area contributed by atoms with Gasteiger partial charge in [0, 0.05) is 44.1 Å². The quantitative estimate of drug-likeness (QED) is 0.670. The molecule has 1 saturated heterocycles. The van der Waals surface area contributed by atoms with E-state index in [-0.39, 0.29) is 6.03 Å². The van der Waals surface area contributed by atoms with Crippen molar-refractivity contribution >= 4 is 17.4 Å². The third kappa shape index (κ3) is 6.39. The lowest BCUT2D eigenvalue weighted by Gasteiger charge is -2.36. The number of piperazine rings is 1. The maximum absolute atomic E-state index is 12.0. The fraction of sp³-hybridized carbons (Fsp3) is 0.435. The fourth-order valence-electron chi connectivity index (χ4n) is 3.53. The Labute approximate surface area is 173 Å². The van der Waals surface area contributed by atoms with Crippen LogP contribution in [0.2, 0.25) is 0 Å². The van der Waals surface area contributed by atoms with Crippen LogP contribution in [0.5, 0.6) is 5.75 Å². The van der Waals surface area contributed by atoms with E-state index in [9.17, 15) is 4.79 Å². The van der Waals surface area contributed by atoms with Crippen molar-refractivity contribution in [3.63, 3.8) is 0 Å². The molecule has 2 aromatic rings. The molecule has 2 aromatic carbocycles. The third-order valence-electron chi connectivity index (χ3n) is 5.37. The molecule has 1 fully saturated rings. The summed E-state index contributed by atoms with van der Waals surface area (Å²) in [6.45, 7) is 7.93. The van der Waals surface area contributed by atoms with Crippen LogP contribution in [0.25, 0.3) is 0 Å². The Morgan fingerprint density at radius 3 is 2.31 bits per heavy atom. The predicted octanol–water partition coefficient (Wildman–Crippen LogP) is 3.59. The molecule has 0 aromatic heterocycles. The summed E-state index contributed by atoms with van der Waals surface area (Å²) in [5, 5.41) is 5.83. The van der Waals surface area contributed by atoms with Crippen molar-refractivity contribution in [1.29, 1.82) is 0 Å². The fourth-order valence-corrected chi connectivity index (χ4v) is 3.53. The Bertz CT molecular complexity index is 753. The zero-order valence-electron chi connectivity index (χ0n) is 17.5. The van der Waals surface area contributed by atoms with Crippen LogP contribution in [0, 0.1) is 0 Å². The number of ether oxygens (including phenoxy) is 1. The molecule has 0 radical (unpaired) electrons. The molecule has 0 spiro atoms. The zero-order chi connectivity index (χ0) is 20.5. The second kappa shape index (κ2) is 10.7. The standard InChI is InChI=1S/C23H32N4O2/c1-3-19-5-7-20(8-6-19)25-23(28)24-13-4-14-26-15-17-27(18-16-26)21-9-11-22(29-2)12-10-21/h5-12H,3-4,13-18H2,1-2H3,(H2,24,25,28). The first-order valence-electron chi connectivity index (χ1n) is 10.4. The summed E-state index contributed by atoms with van der Waals surface area (Å²) in [5.74, 6) is 0.891. The second-order valence-electron chi connectivity index (χ2n) is 7.31. The minimum atomic E-state index is -0.140. The highest BCUT2D eigenvalue weighted by Crippen LogP contribution is 2.20. The molecule has 0 atom stereocenters. The second-order valence-corrected chi connectivity index (χ2v) is 7.31. The number of methoxy groups -OCH3 is 1. The SMILES string of the molecule is CCc1ccc(NC(=O)NCCCN2CCN(c3ccc(OC)cc3)CC2)cc1. The summed E-state index contributed by atoms with van der Waals surface area (Å²) in [4.78, 5) is 16.9. The van der Waals surface area contributed by atoms with E-state index < -0.39 is 0 Å². The van der Waals surface area contributed by atoms with Gasteiger partial charge in [-0.05, 0) is 61.3 Å². The normalized spacial score (nSPS) is 14.5. The van der Waals surface area contributed by atoms with E-state index in [4.69, 9.17) is 4.74 Å². The van der Waals surface area contributed by atoms with Crippen LogP contribution in [-0.2, 0) is 6.42 Å². The van der Waals surface area contributed by atoms with Gasteiger partial charge in [0.2, 0.25) is 0 Å². The molecular formula is C23H32N4O2. The first kappa shape index (κ1) is 21.0. The van der Waals surface area contributed by atoms with Crippen molar-refractivity contribution < 1.29 is 9.53 Å². The molecule has 0 aliphatic carbocycles. The van der Waals surface area contributed by atoms with E-state index in [2.05, 4.69) is 39.5 Å². The number of urea groups is 1. The predicted molar refractivity (Wildman–Crippen MR) is 119 cm³/mol. The Morgan fingerprint density at radius 2 is 1.69 bits per heavy atom. The van der Waals surface area contributed by atoms with Crippen LogP contribution in [-0.4, -0.2) is 57.3 Å². The van der Waals surface area contributed by atoms with Crippen molar-refractivity contribution in [3.05, 3.63) is 54.1 Å². The first-order valence-corrected chi connectivity index (χ1v) is 10.4. The lowest BCUT2D eigenvalue weighted by Crippen LogP contribution is -2.47. The molecule has 2 N–H and O–H groups in total. The summed E-state index contributed by atoms with van der Waals surface area (Å²) >= 11 is 0. The number of aryl methyl sites for hydroxylation is 1. The maximum Gasteiger partial charge on any atom is 0.319 e. The van der Waals surface area contributed by atoms with E-state index in [1.54, 1.807) is 7.11 Å². The average molecular weight is 397 g/mol. The number of carbonyl (C=O) groups excluding carboxylic acids is 1. The van der Waals surface area contributed by atoms with Crippen LogP contribution in [0.15, 0.2) is 48.5 Å². The van der Waals surface area contributed by atoms with Crippen LogP contribution in [0.3, 0.4) is 0 Å². The molecule has 6 heteroatoms. The maximum atomic E-state index is 12.0. The molecular weight excluding hydrogens is 364 g/mol. The van der Waals surface area contributed by atoms with Gasteiger partial charge in [0.15, 0.2) is 0 Å². The molecule has 0 bridgehead atoms. The van der Waals surface area contributed by atoms with Gasteiger partial charge in [-0.3, -0.25) is 4.90 Å². The van der Waals surface area contributed by atoms with Gasteiger partial charge in [-0.2, -0.15) is 0 Å². The Kier molecular flexibility index (Phi) is 7.76. The van der Waals surface area contributed by atoms with E-state index >= 15 is 0 Å². The Morgan fingerprint density at radius 1 is 1.00 bits per heavy atom. The summed E-state index contributed by atoms with van der Waals surface area (Å²) in [5.41, 5.74) is 3.34. The smallest absolute Gasteiger partial charge is 0.319 e. The number of nitrogens with zero attached hydrogens (tertiary/aromatic N) is 2. The van der Waals surface area contributed by atoms with E-state index in [0.717, 1.165) is 57.0 Å². The summed E-state index contributed by atoms with van der Waals surface area (Å²) < 4.78 is 5.23. The number of hydrogen-bond donors (Lipinski definition) is 2. The van der Waals surface area contributed by atoms with Crippen LogP contribution in [0.4, 0.5) is 16.2 Å². The monoisotopic (exact) mass is 396 g/mol. The Balaban J connectivity index is 1.30. The highest BCUT2D eigenvalue weighted by atomic mass is 16.5. The van der Waals surface area contributed by atoms with Crippen molar-refractivity contribution in [2.45, 2.75) is 19.8 Å². The molecule has 6 nitrogen and oxygen atoms in total. The molecule has 2 amide bonds. The minimum absolute atomic E-state index is 0.140. The lowest BCUT2D eigenvalue weighted by atomic mass is 10.1. The van der Waals surface area contributed by atoms with Crippen molar-refractivity contribution in [1.82, 2.24) is 10.2 Å². The molecule has 156 valence electrons. The van der Waals surface area contributed by atoms with E-state index in [1.807, 2.05) is 36.4 Å². The average Bonchev–Trinajstić information content (AvgIpc) is 2.78. The molecule has 1 aliphatic heterocycles. The van der Waals surface area contributed by atoms with Crippen molar-refractivity contribution in [2.75, 3.05) is 56.6 Å². The van der Waals surface area contributed by atoms with Gasteiger partial charge in [0.1, 0.15) is 5.75 Å². The van der Waals surface area contributed by atoms with Crippen LogP contribution < -0.4 is 20.3 Å². The molecule has 0 saturated carbocycles. The number of nitrogens with one attached hydrogen (secondary N) is 2. The largest absolute Gasteiger partial charge is 0.497 e. The number of carbonyl (C=O) groups is 1. The Hall–Kier alpha value is -2.73. The lowest BCUT2D eigenvalue weighted by molar-refractivity contribution is 0.244. The van der Waals surface area contributed by atoms with Gasteiger partial charge in [-0.1, -0.05) is 19.1 Å². The minimum Gasteiger partial charge on any atom is -0.497 e. The number of hydrogen-bond acceptors (Lipinski definition) is 4. The van der Waals surface area contributed by atoms with Gasteiger partial charge < -0.3 is 20.3 Å². The molecule has 29 heavy (non-hydrogen) atoms. The molecule has 1 aliphatic rings. The summed E-state index contributed by atoms with van der Waals surface area (Å²) in [7, 11) is 1.69. The van der Waals surface area contributed by atoms with Crippen molar-refractivity contribution in [3.8, 4) is 5.75 Å². The highest BCUT2D eigenvalue weighted by Gasteiger charge is 2.16.